The molecular weight excluding hydrogens is 201 g/mol. The summed E-state index contributed by atoms with van der Waals surface area (Å²) in [5.74, 6) is -0.400. The van der Waals surface area contributed by atoms with Crippen LogP contribution in [-0.4, -0.2) is 0 Å². The van der Waals surface area contributed by atoms with Gasteiger partial charge in [0.25, 0.3) is 0 Å². The molecule has 1 aromatic rings. The second kappa shape index (κ2) is 3.52. The van der Waals surface area contributed by atoms with E-state index in [4.69, 9.17) is 17.3 Å². The van der Waals surface area contributed by atoms with Gasteiger partial charge >= 0.3 is 0 Å². The molecule has 0 heterocycles. The molecule has 0 bridgehead atoms. The van der Waals surface area contributed by atoms with Gasteiger partial charge in [-0.2, -0.15) is 0 Å². The van der Waals surface area contributed by atoms with E-state index in [1.165, 1.54) is 6.07 Å². The summed E-state index contributed by atoms with van der Waals surface area (Å²) in [6.45, 7) is 7.40. The Labute approximate surface area is 89.1 Å². The average molecular weight is 216 g/mol. The zero-order chi connectivity index (χ0) is 11.1. The molecule has 0 saturated carbocycles. The van der Waals surface area contributed by atoms with E-state index in [1.54, 1.807) is 0 Å². The highest BCUT2D eigenvalue weighted by atomic mass is 35.5. The van der Waals surface area contributed by atoms with Gasteiger partial charge in [0.15, 0.2) is 0 Å². The maximum Gasteiger partial charge on any atom is 0.142 e. The third kappa shape index (κ3) is 1.91. The highest BCUT2D eigenvalue weighted by molar-refractivity contribution is 6.31. The normalized spacial score (nSPS) is 11.9. The molecule has 3 heteroatoms. The molecule has 1 nitrogen and oxygen atoms in total. The Kier molecular flexibility index (Phi) is 2.88. The molecule has 0 aliphatic heterocycles. The van der Waals surface area contributed by atoms with Crippen molar-refractivity contribution in [3.05, 3.63) is 33.6 Å². The van der Waals surface area contributed by atoms with Crippen LogP contribution in [0.2, 0.25) is 5.02 Å². The van der Waals surface area contributed by atoms with Crippen molar-refractivity contribution in [3.63, 3.8) is 0 Å². The fourth-order valence-corrected chi connectivity index (χ4v) is 2.05. The Morgan fingerprint density at radius 3 is 2.29 bits per heavy atom. The van der Waals surface area contributed by atoms with Crippen molar-refractivity contribution in [2.75, 3.05) is 0 Å². The lowest BCUT2D eigenvalue weighted by molar-refractivity contribution is 0.539. The molecular formula is C11H15ClFN. The van der Waals surface area contributed by atoms with Crippen LogP contribution in [-0.2, 0) is 5.54 Å². The topological polar surface area (TPSA) is 26.0 Å². The molecule has 0 aromatic heterocycles. The third-order valence-electron chi connectivity index (χ3n) is 2.38. The van der Waals surface area contributed by atoms with Crippen LogP contribution >= 0.6 is 11.6 Å². The summed E-state index contributed by atoms with van der Waals surface area (Å²) in [6, 6.07) is 1.44. The Hall–Kier alpha value is -0.600. The van der Waals surface area contributed by atoms with E-state index in [9.17, 15) is 4.39 Å². The Morgan fingerprint density at radius 2 is 1.86 bits per heavy atom. The van der Waals surface area contributed by atoms with Gasteiger partial charge < -0.3 is 5.73 Å². The molecule has 14 heavy (non-hydrogen) atoms. The number of hydrogen-bond acceptors (Lipinski definition) is 1. The van der Waals surface area contributed by atoms with E-state index in [1.807, 2.05) is 27.7 Å². The van der Waals surface area contributed by atoms with Gasteiger partial charge in [0.2, 0.25) is 0 Å². The average Bonchev–Trinajstić information content (AvgIpc) is 1.98. The van der Waals surface area contributed by atoms with Crippen molar-refractivity contribution in [1.29, 1.82) is 0 Å². The Bertz CT molecular complexity index is 340. The van der Waals surface area contributed by atoms with Gasteiger partial charge in [-0.3, -0.25) is 0 Å². The molecule has 2 N–H and O–H groups in total. The number of benzene rings is 1. The van der Waals surface area contributed by atoms with E-state index < -0.39 is 11.4 Å². The van der Waals surface area contributed by atoms with Crippen molar-refractivity contribution >= 4 is 11.6 Å². The molecule has 1 aromatic carbocycles. The van der Waals surface area contributed by atoms with Crippen LogP contribution in [0.3, 0.4) is 0 Å². The first-order chi connectivity index (χ1) is 6.25. The summed E-state index contributed by atoms with van der Waals surface area (Å²) in [7, 11) is 0. The minimum absolute atomic E-state index is 0.139. The molecule has 0 saturated heterocycles. The van der Waals surface area contributed by atoms with Gasteiger partial charge in [-0.15, -0.1) is 0 Å². The summed E-state index contributed by atoms with van der Waals surface area (Å²) in [5, 5.41) is 0.139. The van der Waals surface area contributed by atoms with Gasteiger partial charge in [-0.1, -0.05) is 11.6 Å². The molecule has 0 radical (unpaired) electrons. The van der Waals surface area contributed by atoms with Crippen LogP contribution in [0.15, 0.2) is 6.07 Å². The molecule has 0 unspecified atom stereocenters. The second-order valence-corrected chi connectivity index (χ2v) is 4.59. The maximum atomic E-state index is 13.4. The fourth-order valence-electron chi connectivity index (χ4n) is 1.61. The third-order valence-corrected chi connectivity index (χ3v) is 2.75. The van der Waals surface area contributed by atoms with Crippen molar-refractivity contribution in [3.8, 4) is 0 Å². The Balaban J connectivity index is 3.56. The molecule has 1 rings (SSSR count). The minimum atomic E-state index is -0.617. The van der Waals surface area contributed by atoms with E-state index in [0.717, 1.165) is 11.1 Å². The lowest BCUT2D eigenvalue weighted by Crippen LogP contribution is -2.30. The maximum absolute atomic E-state index is 13.4. The van der Waals surface area contributed by atoms with E-state index in [0.29, 0.717) is 5.56 Å². The lowest BCUT2D eigenvalue weighted by Gasteiger charge is -2.24. The quantitative estimate of drug-likeness (QED) is 0.765. The summed E-state index contributed by atoms with van der Waals surface area (Å²) >= 11 is 5.90. The summed E-state index contributed by atoms with van der Waals surface area (Å²) in [6.07, 6.45) is 0. The van der Waals surface area contributed by atoms with Crippen LogP contribution in [0.4, 0.5) is 4.39 Å². The van der Waals surface area contributed by atoms with E-state index in [2.05, 4.69) is 0 Å². The summed E-state index contributed by atoms with van der Waals surface area (Å²) < 4.78 is 13.4. The molecule has 0 aliphatic rings. The van der Waals surface area contributed by atoms with Crippen LogP contribution in [0.1, 0.15) is 30.5 Å². The lowest BCUT2D eigenvalue weighted by atomic mass is 9.89. The number of hydrogen-bond donors (Lipinski definition) is 1. The molecule has 0 spiro atoms. The minimum Gasteiger partial charge on any atom is -0.322 e. The number of nitrogens with two attached hydrogens (primary N) is 1. The number of aryl methyl sites for hydroxylation is 1. The molecule has 0 fully saturated rings. The second-order valence-electron chi connectivity index (χ2n) is 4.21. The fraction of sp³-hybridized carbons (Fsp3) is 0.455. The zero-order valence-electron chi connectivity index (χ0n) is 8.91. The molecule has 0 aliphatic carbocycles. The van der Waals surface area contributed by atoms with Crippen molar-refractivity contribution < 1.29 is 4.39 Å². The first kappa shape index (κ1) is 11.5. The number of rotatable bonds is 1. The van der Waals surface area contributed by atoms with Crippen LogP contribution in [0.5, 0.6) is 0 Å². The SMILES string of the molecule is Cc1cc(F)c(Cl)c(C(C)(C)N)c1C. The van der Waals surface area contributed by atoms with Gasteiger partial charge in [0, 0.05) is 5.54 Å². The zero-order valence-corrected chi connectivity index (χ0v) is 9.67. The van der Waals surface area contributed by atoms with Crippen LogP contribution in [0, 0.1) is 19.7 Å². The van der Waals surface area contributed by atoms with Gasteiger partial charge in [-0.25, -0.2) is 4.39 Å². The predicted octanol–water partition coefficient (Wildman–Crippen LogP) is 3.29. The highest BCUT2D eigenvalue weighted by Crippen LogP contribution is 2.32. The van der Waals surface area contributed by atoms with Crippen molar-refractivity contribution in [1.82, 2.24) is 0 Å². The largest absolute Gasteiger partial charge is 0.322 e. The van der Waals surface area contributed by atoms with E-state index in [-0.39, 0.29) is 5.02 Å². The Morgan fingerprint density at radius 1 is 1.36 bits per heavy atom. The smallest absolute Gasteiger partial charge is 0.142 e. The predicted molar refractivity (Wildman–Crippen MR) is 58.1 cm³/mol. The van der Waals surface area contributed by atoms with Crippen LogP contribution < -0.4 is 5.73 Å². The van der Waals surface area contributed by atoms with Crippen LogP contribution in [0.25, 0.3) is 0 Å². The molecule has 0 atom stereocenters. The first-order valence-electron chi connectivity index (χ1n) is 4.49. The van der Waals surface area contributed by atoms with E-state index >= 15 is 0 Å². The summed E-state index contributed by atoms with van der Waals surface area (Å²) in [5.41, 5.74) is 7.86. The summed E-state index contributed by atoms with van der Waals surface area (Å²) in [4.78, 5) is 0. The first-order valence-corrected chi connectivity index (χ1v) is 4.87. The van der Waals surface area contributed by atoms with Gasteiger partial charge in [0.05, 0.1) is 5.02 Å². The molecule has 78 valence electrons. The van der Waals surface area contributed by atoms with Gasteiger partial charge in [-0.05, 0) is 50.5 Å². The van der Waals surface area contributed by atoms with Crippen molar-refractivity contribution in [2.45, 2.75) is 33.2 Å². The monoisotopic (exact) mass is 215 g/mol. The van der Waals surface area contributed by atoms with Gasteiger partial charge in [0.1, 0.15) is 5.82 Å². The highest BCUT2D eigenvalue weighted by Gasteiger charge is 2.23. The molecule has 0 amide bonds. The standard InChI is InChI=1S/C11H15ClFN/c1-6-5-8(13)10(12)9(7(6)2)11(3,4)14/h5H,14H2,1-4H3. The number of halogens is 2. The van der Waals surface area contributed by atoms with Crippen molar-refractivity contribution in [2.24, 2.45) is 5.73 Å².